The van der Waals surface area contributed by atoms with Gasteiger partial charge in [0.2, 0.25) is 0 Å². The lowest BCUT2D eigenvalue weighted by Crippen LogP contribution is -2.34. The molecule has 2 aromatic rings. The average molecular weight is 392 g/mol. The zero-order valence-electron chi connectivity index (χ0n) is 13.6. The highest BCUT2D eigenvalue weighted by atomic mass is 35.5. The highest BCUT2D eigenvalue weighted by molar-refractivity contribution is 6.31. The summed E-state index contributed by atoms with van der Waals surface area (Å²) in [6.45, 7) is 1.82. The smallest absolute Gasteiger partial charge is 0.349 e. The van der Waals surface area contributed by atoms with E-state index in [1.807, 2.05) is 0 Å². The molecular formula is C14H17ClF3N7O. The number of nitrogens with one attached hydrogen (secondary N) is 2. The van der Waals surface area contributed by atoms with Crippen molar-refractivity contribution in [3.05, 3.63) is 28.8 Å². The number of nitrogens with zero attached hydrogens (tertiary/aromatic N) is 5. The SMILES string of the molecule is O=C(NCCn1cc(Cl)c(C(F)(F)F)n1)c1cnnn1C1CCNCC1. The number of halogens is 4. The monoisotopic (exact) mass is 391 g/mol. The molecule has 1 amide bonds. The van der Waals surface area contributed by atoms with Gasteiger partial charge in [0.1, 0.15) is 5.69 Å². The molecule has 0 radical (unpaired) electrons. The van der Waals surface area contributed by atoms with Gasteiger partial charge in [0, 0.05) is 12.7 Å². The molecular weight excluding hydrogens is 375 g/mol. The Labute approximate surface area is 151 Å². The molecule has 0 bridgehead atoms. The maximum absolute atomic E-state index is 12.7. The van der Waals surface area contributed by atoms with Crippen molar-refractivity contribution in [2.45, 2.75) is 31.6 Å². The van der Waals surface area contributed by atoms with Crippen molar-refractivity contribution in [1.29, 1.82) is 0 Å². The van der Waals surface area contributed by atoms with Crippen molar-refractivity contribution in [2.75, 3.05) is 19.6 Å². The Morgan fingerprint density at radius 2 is 2.12 bits per heavy atom. The molecule has 12 heteroatoms. The fourth-order valence-electron chi connectivity index (χ4n) is 2.81. The van der Waals surface area contributed by atoms with Crippen LogP contribution in [0.5, 0.6) is 0 Å². The number of amides is 1. The van der Waals surface area contributed by atoms with Gasteiger partial charge < -0.3 is 10.6 Å². The van der Waals surface area contributed by atoms with Crippen LogP contribution in [-0.4, -0.2) is 50.3 Å². The Balaban J connectivity index is 1.58. The molecule has 0 unspecified atom stereocenters. The lowest BCUT2D eigenvalue weighted by Gasteiger charge is -2.23. The summed E-state index contributed by atoms with van der Waals surface area (Å²) in [4.78, 5) is 12.3. The summed E-state index contributed by atoms with van der Waals surface area (Å²) in [7, 11) is 0. The third-order valence-corrected chi connectivity index (χ3v) is 4.35. The van der Waals surface area contributed by atoms with Crippen molar-refractivity contribution in [2.24, 2.45) is 0 Å². The minimum atomic E-state index is -4.61. The highest BCUT2D eigenvalue weighted by Crippen LogP contribution is 2.33. The Morgan fingerprint density at radius 1 is 1.38 bits per heavy atom. The van der Waals surface area contributed by atoms with E-state index in [-0.39, 0.29) is 25.0 Å². The molecule has 142 valence electrons. The Hall–Kier alpha value is -2.14. The molecule has 0 aliphatic carbocycles. The van der Waals surface area contributed by atoms with Gasteiger partial charge in [-0.15, -0.1) is 5.10 Å². The largest absolute Gasteiger partial charge is 0.436 e. The van der Waals surface area contributed by atoms with Gasteiger partial charge in [-0.1, -0.05) is 16.8 Å². The molecule has 1 aliphatic heterocycles. The predicted molar refractivity (Wildman–Crippen MR) is 85.7 cm³/mol. The summed E-state index contributed by atoms with van der Waals surface area (Å²) in [5, 5.41) is 16.6. The zero-order valence-corrected chi connectivity index (χ0v) is 14.4. The molecule has 1 aliphatic rings. The summed E-state index contributed by atoms with van der Waals surface area (Å²) >= 11 is 5.54. The minimum Gasteiger partial charge on any atom is -0.349 e. The number of alkyl halides is 3. The van der Waals surface area contributed by atoms with Crippen molar-refractivity contribution in [3.8, 4) is 0 Å². The maximum Gasteiger partial charge on any atom is 0.436 e. The van der Waals surface area contributed by atoms with E-state index in [1.165, 1.54) is 6.20 Å². The lowest BCUT2D eigenvalue weighted by molar-refractivity contribution is -0.141. The molecule has 8 nitrogen and oxygen atoms in total. The number of aromatic nitrogens is 5. The number of piperidine rings is 1. The summed E-state index contributed by atoms with van der Waals surface area (Å²) in [5.74, 6) is -0.386. The van der Waals surface area contributed by atoms with E-state index >= 15 is 0 Å². The first kappa shape index (κ1) is 18.6. The van der Waals surface area contributed by atoms with Crippen LogP contribution in [0.4, 0.5) is 13.2 Å². The molecule has 0 atom stereocenters. The molecule has 2 aromatic heterocycles. The van der Waals surface area contributed by atoms with Gasteiger partial charge in [-0.25, -0.2) is 4.68 Å². The fraction of sp³-hybridized carbons (Fsp3) is 0.571. The summed E-state index contributed by atoms with van der Waals surface area (Å²) in [6.07, 6.45) is -0.467. The average Bonchev–Trinajstić information content (AvgIpc) is 3.22. The highest BCUT2D eigenvalue weighted by Gasteiger charge is 2.36. The fourth-order valence-corrected chi connectivity index (χ4v) is 3.06. The molecule has 0 aromatic carbocycles. The second kappa shape index (κ2) is 7.62. The van der Waals surface area contributed by atoms with Gasteiger partial charge in [0.15, 0.2) is 5.69 Å². The standard InChI is InChI=1S/C14H17ClF3N7O/c15-10-8-24(22-12(10)14(16,17)18)6-5-20-13(26)11-7-21-23-25(11)9-1-3-19-4-2-9/h7-9,19H,1-6H2,(H,20,26). The van der Waals surface area contributed by atoms with Crippen LogP contribution in [0.2, 0.25) is 5.02 Å². The van der Waals surface area contributed by atoms with Gasteiger partial charge in [-0.05, 0) is 25.9 Å². The van der Waals surface area contributed by atoms with Crippen LogP contribution in [0.25, 0.3) is 0 Å². The van der Waals surface area contributed by atoms with Crippen LogP contribution in [0, 0.1) is 0 Å². The summed E-state index contributed by atoms with van der Waals surface area (Å²) < 4.78 is 40.7. The molecule has 1 fully saturated rings. The first-order valence-corrected chi connectivity index (χ1v) is 8.43. The minimum absolute atomic E-state index is 0.0520. The van der Waals surface area contributed by atoms with E-state index in [1.54, 1.807) is 4.68 Å². The topological polar surface area (TPSA) is 89.7 Å². The molecule has 3 heterocycles. The molecule has 26 heavy (non-hydrogen) atoms. The van der Waals surface area contributed by atoms with E-state index in [2.05, 4.69) is 26.0 Å². The van der Waals surface area contributed by atoms with Gasteiger partial charge in [-0.3, -0.25) is 9.48 Å². The summed E-state index contributed by atoms with van der Waals surface area (Å²) in [6, 6.07) is 0.0961. The molecule has 0 spiro atoms. The Kier molecular flexibility index (Phi) is 5.47. The van der Waals surface area contributed by atoms with E-state index < -0.39 is 16.9 Å². The van der Waals surface area contributed by atoms with Crippen LogP contribution in [-0.2, 0) is 12.7 Å². The molecule has 3 rings (SSSR count). The third-order valence-electron chi connectivity index (χ3n) is 4.07. The van der Waals surface area contributed by atoms with E-state index in [9.17, 15) is 18.0 Å². The Bertz CT molecular complexity index is 767. The van der Waals surface area contributed by atoms with Crippen LogP contribution in [0.1, 0.15) is 35.1 Å². The number of rotatable bonds is 5. The normalized spacial score (nSPS) is 16.0. The van der Waals surface area contributed by atoms with Gasteiger partial charge >= 0.3 is 6.18 Å². The van der Waals surface area contributed by atoms with Gasteiger partial charge in [0.05, 0.1) is 23.8 Å². The van der Waals surface area contributed by atoms with Gasteiger partial charge in [0.25, 0.3) is 5.91 Å². The maximum atomic E-state index is 12.7. The zero-order chi connectivity index (χ0) is 18.7. The van der Waals surface area contributed by atoms with Crippen molar-refractivity contribution < 1.29 is 18.0 Å². The van der Waals surface area contributed by atoms with Gasteiger partial charge in [-0.2, -0.15) is 18.3 Å². The van der Waals surface area contributed by atoms with Crippen molar-refractivity contribution in [3.63, 3.8) is 0 Å². The second-order valence-electron chi connectivity index (χ2n) is 5.89. The lowest BCUT2D eigenvalue weighted by atomic mass is 10.1. The molecule has 1 saturated heterocycles. The molecule has 2 N–H and O–H groups in total. The number of hydrogen-bond donors (Lipinski definition) is 2. The van der Waals surface area contributed by atoms with E-state index in [0.717, 1.165) is 36.8 Å². The summed E-state index contributed by atoms with van der Waals surface area (Å²) in [5.41, 5.74) is -0.815. The first-order chi connectivity index (χ1) is 12.4. The van der Waals surface area contributed by atoms with Crippen LogP contribution >= 0.6 is 11.6 Å². The van der Waals surface area contributed by atoms with Crippen LogP contribution < -0.4 is 10.6 Å². The van der Waals surface area contributed by atoms with E-state index in [0.29, 0.717) is 5.69 Å². The second-order valence-corrected chi connectivity index (χ2v) is 6.29. The Morgan fingerprint density at radius 3 is 2.77 bits per heavy atom. The van der Waals surface area contributed by atoms with Crippen molar-refractivity contribution >= 4 is 17.5 Å². The number of carbonyl (C=O) groups excluding carboxylic acids is 1. The van der Waals surface area contributed by atoms with Crippen LogP contribution in [0.15, 0.2) is 12.4 Å². The molecule has 0 saturated carbocycles. The van der Waals surface area contributed by atoms with E-state index in [4.69, 9.17) is 11.6 Å². The van der Waals surface area contributed by atoms with Crippen molar-refractivity contribution in [1.82, 2.24) is 35.4 Å². The quantitative estimate of drug-likeness (QED) is 0.806. The third kappa shape index (κ3) is 4.15. The number of hydrogen-bond acceptors (Lipinski definition) is 5. The van der Waals surface area contributed by atoms with Crippen LogP contribution in [0.3, 0.4) is 0 Å². The number of carbonyl (C=O) groups is 1. The first-order valence-electron chi connectivity index (χ1n) is 8.05. The predicted octanol–water partition coefficient (Wildman–Crippen LogP) is 1.50.